The van der Waals surface area contributed by atoms with Crippen LogP contribution in [-0.2, 0) is 20.8 Å². The molecule has 0 aliphatic carbocycles. The highest BCUT2D eigenvalue weighted by molar-refractivity contribution is 8.01. The largest absolute Gasteiger partial charge is 0.311 e. The van der Waals surface area contributed by atoms with Gasteiger partial charge in [-0.15, -0.1) is 10.2 Å². The number of carbonyl (C=O) groups excluding carboxylic acids is 4. The van der Waals surface area contributed by atoms with Gasteiger partial charge in [0.1, 0.15) is 0 Å². The van der Waals surface area contributed by atoms with Crippen molar-refractivity contribution < 1.29 is 19.2 Å². The van der Waals surface area contributed by atoms with E-state index in [4.69, 9.17) is 0 Å². The molecule has 0 unspecified atom stereocenters. The third-order valence-corrected chi connectivity index (χ3v) is 7.53. The zero-order valence-corrected chi connectivity index (χ0v) is 19.5. The van der Waals surface area contributed by atoms with Gasteiger partial charge in [0.2, 0.25) is 22.9 Å². The number of hydrogen-bond acceptors (Lipinski definition) is 8. The average molecular weight is 494 g/mol. The Morgan fingerprint density at radius 1 is 0.971 bits per heavy atom. The fraction of sp³-hybridized carbons (Fsp3) is 0.217. The summed E-state index contributed by atoms with van der Waals surface area (Å²) in [5.74, 6) is -0.636. The first-order valence-electron chi connectivity index (χ1n) is 10.6. The van der Waals surface area contributed by atoms with Gasteiger partial charge in [0.15, 0.2) is 4.34 Å². The van der Waals surface area contributed by atoms with E-state index in [9.17, 15) is 19.2 Å². The number of aromatic nitrogens is 2. The van der Waals surface area contributed by atoms with E-state index in [1.807, 2.05) is 24.3 Å². The summed E-state index contributed by atoms with van der Waals surface area (Å²) in [5, 5.41) is 11.1. The number of benzene rings is 2. The van der Waals surface area contributed by atoms with E-state index < -0.39 is 0 Å². The van der Waals surface area contributed by atoms with Crippen molar-refractivity contribution in [3.63, 3.8) is 0 Å². The molecular formula is C23H19N5O4S2. The van der Waals surface area contributed by atoms with E-state index in [-0.39, 0.29) is 42.2 Å². The predicted molar refractivity (Wildman–Crippen MR) is 129 cm³/mol. The molecule has 4 amide bonds. The Balaban J connectivity index is 1.16. The second kappa shape index (κ2) is 9.35. The van der Waals surface area contributed by atoms with Gasteiger partial charge in [0.05, 0.1) is 11.4 Å². The molecule has 3 aromatic rings. The molecule has 2 aliphatic heterocycles. The van der Waals surface area contributed by atoms with Crippen LogP contribution in [0.4, 0.5) is 16.5 Å². The van der Waals surface area contributed by atoms with Gasteiger partial charge in [0, 0.05) is 30.6 Å². The lowest BCUT2D eigenvalue weighted by Crippen LogP contribution is -2.30. The van der Waals surface area contributed by atoms with E-state index >= 15 is 0 Å². The molecule has 11 heteroatoms. The monoisotopic (exact) mass is 493 g/mol. The van der Waals surface area contributed by atoms with Crippen LogP contribution in [0, 0.1) is 0 Å². The van der Waals surface area contributed by atoms with Gasteiger partial charge in [-0.2, -0.15) is 0 Å². The third-order valence-electron chi connectivity index (χ3n) is 5.57. The van der Waals surface area contributed by atoms with Crippen LogP contribution in [0.5, 0.6) is 0 Å². The summed E-state index contributed by atoms with van der Waals surface area (Å²) in [6, 6.07) is 14.1. The molecule has 172 valence electrons. The van der Waals surface area contributed by atoms with Crippen molar-refractivity contribution in [3.05, 3.63) is 59.7 Å². The second-order valence-corrected chi connectivity index (χ2v) is 9.91. The summed E-state index contributed by atoms with van der Waals surface area (Å²) >= 11 is 2.47. The molecule has 1 fully saturated rings. The van der Waals surface area contributed by atoms with Crippen LogP contribution in [0.2, 0.25) is 0 Å². The summed E-state index contributed by atoms with van der Waals surface area (Å²) in [7, 11) is 0. The summed E-state index contributed by atoms with van der Waals surface area (Å²) < 4.78 is 0.581. The topological polar surface area (TPSA) is 113 Å². The maximum absolute atomic E-state index is 12.7. The van der Waals surface area contributed by atoms with Crippen molar-refractivity contribution in [1.82, 2.24) is 10.2 Å². The number of rotatable bonds is 6. The number of nitrogens with zero attached hydrogens (tertiary/aromatic N) is 4. The summed E-state index contributed by atoms with van der Waals surface area (Å²) in [6.07, 6.45) is 1.26. The van der Waals surface area contributed by atoms with Crippen molar-refractivity contribution in [2.45, 2.75) is 23.6 Å². The lowest BCUT2D eigenvalue weighted by Gasteiger charge is -2.16. The molecular weight excluding hydrogens is 474 g/mol. The first kappa shape index (κ1) is 22.2. The Labute approximate surface area is 203 Å². The molecule has 0 bridgehead atoms. The molecule has 2 aromatic carbocycles. The quantitative estimate of drug-likeness (QED) is 0.319. The Kier molecular flexibility index (Phi) is 6.12. The highest BCUT2D eigenvalue weighted by Crippen LogP contribution is 2.30. The Morgan fingerprint density at radius 2 is 1.71 bits per heavy atom. The standard InChI is InChI=1S/C23H19N5O4S2/c29-18-9-10-19(30)28(18)16-7-5-15(6-8-16)21(32)24-22-25-26-23(34-22)33-13-20(31)27-12-11-14-3-1-2-4-17(14)27/h1-8H,9-13H2,(H,24,25,32). The molecule has 0 saturated carbocycles. The van der Waals surface area contributed by atoms with Crippen LogP contribution in [-0.4, -0.2) is 46.1 Å². The van der Waals surface area contributed by atoms with Crippen LogP contribution in [0.1, 0.15) is 28.8 Å². The van der Waals surface area contributed by atoms with Crippen molar-refractivity contribution in [3.8, 4) is 0 Å². The molecule has 1 saturated heterocycles. The Bertz CT molecular complexity index is 1270. The van der Waals surface area contributed by atoms with Gasteiger partial charge in [0.25, 0.3) is 5.91 Å². The minimum Gasteiger partial charge on any atom is -0.311 e. The van der Waals surface area contributed by atoms with Crippen LogP contribution in [0.3, 0.4) is 0 Å². The minimum atomic E-state index is -0.386. The maximum atomic E-state index is 12.7. The first-order valence-corrected chi connectivity index (χ1v) is 12.4. The molecule has 9 nitrogen and oxygen atoms in total. The number of nitrogens with one attached hydrogen (secondary N) is 1. The lowest BCUT2D eigenvalue weighted by atomic mass is 10.2. The van der Waals surface area contributed by atoms with Gasteiger partial charge < -0.3 is 4.90 Å². The summed E-state index contributed by atoms with van der Waals surface area (Å²) in [4.78, 5) is 51.9. The Morgan fingerprint density at radius 3 is 2.47 bits per heavy atom. The van der Waals surface area contributed by atoms with Gasteiger partial charge in [-0.3, -0.25) is 29.4 Å². The van der Waals surface area contributed by atoms with E-state index in [0.29, 0.717) is 27.3 Å². The number of hydrogen-bond donors (Lipinski definition) is 1. The second-order valence-electron chi connectivity index (χ2n) is 7.71. The number of thioether (sulfide) groups is 1. The highest BCUT2D eigenvalue weighted by atomic mass is 32.2. The maximum Gasteiger partial charge on any atom is 0.257 e. The van der Waals surface area contributed by atoms with Crippen LogP contribution >= 0.6 is 23.1 Å². The normalized spacial score (nSPS) is 15.1. The van der Waals surface area contributed by atoms with E-state index in [0.717, 1.165) is 17.0 Å². The summed E-state index contributed by atoms with van der Waals surface area (Å²) in [6.45, 7) is 0.676. The number of imide groups is 1. The van der Waals surface area contributed by atoms with Crippen molar-refractivity contribution in [2.75, 3.05) is 27.4 Å². The van der Waals surface area contributed by atoms with Gasteiger partial charge in [-0.25, -0.2) is 0 Å². The van der Waals surface area contributed by atoms with Gasteiger partial charge in [-0.1, -0.05) is 41.3 Å². The molecule has 0 radical (unpaired) electrons. The molecule has 5 rings (SSSR count). The SMILES string of the molecule is O=C(Nc1nnc(SCC(=O)N2CCc3ccccc32)s1)c1ccc(N2C(=O)CCC2=O)cc1. The molecule has 0 atom stereocenters. The smallest absolute Gasteiger partial charge is 0.257 e. The van der Waals surface area contributed by atoms with Gasteiger partial charge >= 0.3 is 0 Å². The molecule has 0 spiro atoms. The molecule has 34 heavy (non-hydrogen) atoms. The fourth-order valence-corrected chi connectivity index (χ4v) is 5.54. The van der Waals surface area contributed by atoms with Crippen molar-refractivity contribution in [1.29, 1.82) is 0 Å². The zero-order valence-electron chi connectivity index (χ0n) is 17.9. The number of carbonyl (C=O) groups is 4. The Hall–Kier alpha value is -3.57. The number of anilines is 3. The summed E-state index contributed by atoms with van der Waals surface area (Å²) in [5.41, 5.74) is 2.94. The van der Waals surface area contributed by atoms with Crippen LogP contribution < -0.4 is 15.1 Å². The highest BCUT2D eigenvalue weighted by Gasteiger charge is 2.30. The van der Waals surface area contributed by atoms with Crippen molar-refractivity contribution >= 4 is 63.2 Å². The van der Waals surface area contributed by atoms with Crippen molar-refractivity contribution in [2.24, 2.45) is 0 Å². The minimum absolute atomic E-state index is 0.00536. The first-order chi connectivity index (χ1) is 16.5. The number of para-hydroxylation sites is 1. The molecule has 1 aromatic heterocycles. The van der Waals surface area contributed by atoms with Crippen LogP contribution in [0.25, 0.3) is 0 Å². The number of fused-ring (bicyclic) bond motifs is 1. The molecule has 1 N–H and O–H groups in total. The van der Waals surface area contributed by atoms with E-state index in [1.165, 1.54) is 28.7 Å². The van der Waals surface area contributed by atoms with E-state index in [2.05, 4.69) is 15.5 Å². The lowest BCUT2D eigenvalue weighted by molar-refractivity contribution is -0.121. The average Bonchev–Trinajstić information content (AvgIpc) is 3.56. The molecule has 3 heterocycles. The predicted octanol–water partition coefficient (Wildman–Crippen LogP) is 3.13. The number of amides is 4. The van der Waals surface area contributed by atoms with E-state index in [1.54, 1.807) is 29.2 Å². The zero-order chi connectivity index (χ0) is 23.7. The third kappa shape index (κ3) is 4.44. The molecule has 2 aliphatic rings. The van der Waals surface area contributed by atoms with Gasteiger partial charge in [-0.05, 0) is 42.3 Å². The van der Waals surface area contributed by atoms with Crippen LogP contribution in [0.15, 0.2) is 52.9 Å². The fourth-order valence-electron chi connectivity index (χ4n) is 3.91.